The highest BCUT2D eigenvalue weighted by Gasteiger charge is 2.21. The monoisotopic (exact) mass is 305 g/mol. The molecule has 2 rings (SSSR count). The maximum atomic E-state index is 11.4. The van der Waals surface area contributed by atoms with Crippen molar-refractivity contribution < 1.29 is 19.8 Å². The molecular formula is C15H12ClNO4. The minimum Gasteiger partial charge on any atom is -0.479 e. The highest BCUT2D eigenvalue weighted by Crippen LogP contribution is 2.24. The van der Waals surface area contributed by atoms with Gasteiger partial charge < -0.3 is 15.5 Å². The van der Waals surface area contributed by atoms with E-state index in [0.717, 1.165) is 0 Å². The fourth-order valence-electron chi connectivity index (χ4n) is 1.89. The van der Waals surface area contributed by atoms with E-state index in [2.05, 4.69) is 5.32 Å². The molecule has 0 fully saturated rings. The minimum atomic E-state index is -1.13. The van der Waals surface area contributed by atoms with E-state index in [1.54, 1.807) is 36.4 Å². The van der Waals surface area contributed by atoms with Crippen molar-refractivity contribution in [1.29, 1.82) is 0 Å². The highest BCUT2D eigenvalue weighted by atomic mass is 35.5. The molecule has 2 aromatic rings. The second-order valence-electron chi connectivity index (χ2n) is 4.32. The van der Waals surface area contributed by atoms with Crippen molar-refractivity contribution in [3.63, 3.8) is 0 Å². The molecule has 0 spiro atoms. The summed E-state index contributed by atoms with van der Waals surface area (Å²) in [5, 5.41) is 21.7. The number of rotatable bonds is 5. The molecule has 0 amide bonds. The Morgan fingerprint density at radius 1 is 1.00 bits per heavy atom. The Kier molecular flexibility index (Phi) is 4.45. The summed E-state index contributed by atoms with van der Waals surface area (Å²) in [4.78, 5) is 22.6. The Balaban J connectivity index is 2.35. The Bertz CT molecular complexity index is 670. The first-order valence-corrected chi connectivity index (χ1v) is 6.44. The Morgan fingerprint density at radius 2 is 1.62 bits per heavy atom. The molecule has 0 aliphatic carbocycles. The van der Waals surface area contributed by atoms with Crippen molar-refractivity contribution in [3.05, 3.63) is 64.7 Å². The number of aromatic carboxylic acids is 1. The average Bonchev–Trinajstić information content (AvgIpc) is 2.46. The zero-order valence-corrected chi connectivity index (χ0v) is 11.5. The van der Waals surface area contributed by atoms with E-state index in [1.165, 1.54) is 12.1 Å². The van der Waals surface area contributed by atoms with Gasteiger partial charge in [-0.3, -0.25) is 0 Å². The van der Waals surface area contributed by atoms with Gasteiger partial charge in [0.1, 0.15) is 0 Å². The van der Waals surface area contributed by atoms with Crippen molar-refractivity contribution in [2.24, 2.45) is 0 Å². The van der Waals surface area contributed by atoms with Crippen LogP contribution in [0.1, 0.15) is 22.0 Å². The summed E-state index contributed by atoms with van der Waals surface area (Å²) in [5.74, 6) is -2.24. The largest absolute Gasteiger partial charge is 0.479 e. The molecule has 0 aliphatic heterocycles. The van der Waals surface area contributed by atoms with Gasteiger partial charge in [0.25, 0.3) is 0 Å². The van der Waals surface area contributed by atoms with Crippen molar-refractivity contribution in [2.75, 3.05) is 5.32 Å². The first kappa shape index (κ1) is 14.9. The van der Waals surface area contributed by atoms with E-state index in [-0.39, 0.29) is 11.3 Å². The molecule has 6 heteroatoms. The third kappa shape index (κ3) is 3.52. The van der Waals surface area contributed by atoms with Gasteiger partial charge in [-0.05, 0) is 29.8 Å². The van der Waals surface area contributed by atoms with E-state index >= 15 is 0 Å². The van der Waals surface area contributed by atoms with Crippen LogP contribution in [0.3, 0.4) is 0 Å². The summed E-state index contributed by atoms with van der Waals surface area (Å²) in [6, 6.07) is 11.4. The number of halogens is 1. The Morgan fingerprint density at radius 3 is 2.19 bits per heavy atom. The van der Waals surface area contributed by atoms with Crippen LogP contribution in [-0.4, -0.2) is 22.2 Å². The molecular weight excluding hydrogens is 294 g/mol. The second-order valence-corrected chi connectivity index (χ2v) is 4.75. The molecule has 0 aliphatic rings. The lowest BCUT2D eigenvalue weighted by Gasteiger charge is -2.17. The van der Waals surface area contributed by atoms with E-state index < -0.39 is 18.0 Å². The molecule has 3 N–H and O–H groups in total. The topological polar surface area (TPSA) is 86.6 Å². The number of aliphatic carboxylic acids is 1. The molecule has 0 saturated carbocycles. The fourth-order valence-corrected chi connectivity index (χ4v) is 2.02. The van der Waals surface area contributed by atoms with Gasteiger partial charge in [0.2, 0.25) is 0 Å². The molecule has 1 unspecified atom stereocenters. The third-order valence-electron chi connectivity index (χ3n) is 2.91. The number of benzene rings is 2. The first-order chi connectivity index (χ1) is 9.99. The molecule has 108 valence electrons. The molecule has 5 nitrogen and oxygen atoms in total. The first-order valence-electron chi connectivity index (χ1n) is 6.06. The van der Waals surface area contributed by atoms with E-state index in [9.17, 15) is 14.7 Å². The van der Waals surface area contributed by atoms with Crippen LogP contribution in [0.2, 0.25) is 5.02 Å². The predicted molar refractivity (Wildman–Crippen MR) is 78.9 cm³/mol. The summed E-state index contributed by atoms with van der Waals surface area (Å²) in [5.41, 5.74) is 0.733. The Labute approximate surface area is 125 Å². The normalized spacial score (nSPS) is 11.7. The van der Waals surface area contributed by atoms with Crippen LogP contribution < -0.4 is 5.32 Å². The molecule has 21 heavy (non-hydrogen) atoms. The highest BCUT2D eigenvalue weighted by molar-refractivity contribution is 6.30. The number of para-hydroxylation sites is 1. The van der Waals surface area contributed by atoms with Crippen LogP contribution in [0, 0.1) is 0 Å². The van der Waals surface area contributed by atoms with Crippen LogP contribution in [0.25, 0.3) is 0 Å². The number of hydrogen-bond donors (Lipinski definition) is 3. The van der Waals surface area contributed by atoms with Crippen LogP contribution in [0.15, 0.2) is 48.5 Å². The summed E-state index contributed by atoms with van der Waals surface area (Å²) >= 11 is 5.78. The van der Waals surface area contributed by atoms with Gasteiger partial charge in [-0.25, -0.2) is 9.59 Å². The number of nitrogens with one attached hydrogen (secondary N) is 1. The van der Waals surface area contributed by atoms with Crippen molar-refractivity contribution >= 4 is 29.2 Å². The summed E-state index contributed by atoms with van der Waals surface area (Å²) in [6.07, 6.45) is 0. The smallest absolute Gasteiger partial charge is 0.337 e. The molecule has 0 aromatic heterocycles. The summed E-state index contributed by atoms with van der Waals surface area (Å²) in [6.45, 7) is 0. The van der Waals surface area contributed by atoms with Crippen LogP contribution in [0.5, 0.6) is 0 Å². The lowest BCUT2D eigenvalue weighted by molar-refractivity contribution is -0.138. The van der Waals surface area contributed by atoms with Gasteiger partial charge in [-0.15, -0.1) is 0 Å². The van der Waals surface area contributed by atoms with E-state index in [4.69, 9.17) is 16.7 Å². The lowest BCUT2D eigenvalue weighted by Crippen LogP contribution is -2.21. The van der Waals surface area contributed by atoms with Crippen LogP contribution >= 0.6 is 11.6 Å². The van der Waals surface area contributed by atoms with Crippen molar-refractivity contribution in [2.45, 2.75) is 6.04 Å². The average molecular weight is 306 g/mol. The molecule has 1 atom stereocenters. The molecule has 2 aromatic carbocycles. The molecule has 0 radical (unpaired) electrons. The number of carboxylic acid groups (broad SMARTS) is 2. The van der Waals surface area contributed by atoms with Gasteiger partial charge in [-0.1, -0.05) is 35.9 Å². The van der Waals surface area contributed by atoms with Gasteiger partial charge in [-0.2, -0.15) is 0 Å². The van der Waals surface area contributed by atoms with Crippen molar-refractivity contribution in [3.8, 4) is 0 Å². The van der Waals surface area contributed by atoms with Gasteiger partial charge in [0, 0.05) is 10.7 Å². The van der Waals surface area contributed by atoms with Gasteiger partial charge >= 0.3 is 11.9 Å². The van der Waals surface area contributed by atoms with E-state index in [0.29, 0.717) is 10.6 Å². The zero-order valence-electron chi connectivity index (χ0n) is 10.8. The number of carboxylic acids is 2. The maximum Gasteiger partial charge on any atom is 0.337 e. The minimum absolute atomic E-state index is 0.0118. The number of hydrogen-bond acceptors (Lipinski definition) is 3. The summed E-state index contributed by atoms with van der Waals surface area (Å²) in [7, 11) is 0. The van der Waals surface area contributed by atoms with Crippen LogP contribution in [-0.2, 0) is 4.79 Å². The standard InChI is InChI=1S/C15H12ClNO4/c16-10-7-5-9(6-8-10)13(15(20)21)17-12-4-2-1-3-11(12)14(18)19/h1-8,13,17H,(H,18,19)(H,20,21). The number of anilines is 1. The SMILES string of the molecule is O=C(O)c1ccccc1NC(C(=O)O)c1ccc(Cl)cc1. The maximum absolute atomic E-state index is 11.4. The van der Waals surface area contributed by atoms with Crippen LogP contribution in [0.4, 0.5) is 5.69 Å². The Hall–Kier alpha value is -2.53. The molecule has 0 heterocycles. The molecule has 0 saturated heterocycles. The summed E-state index contributed by atoms with van der Waals surface area (Å²) < 4.78 is 0. The van der Waals surface area contributed by atoms with Gasteiger partial charge in [0.05, 0.1) is 5.56 Å². The quantitative estimate of drug-likeness (QED) is 0.789. The molecule has 0 bridgehead atoms. The fraction of sp³-hybridized carbons (Fsp3) is 0.0667. The lowest BCUT2D eigenvalue weighted by atomic mass is 10.1. The van der Waals surface area contributed by atoms with Gasteiger partial charge in [0.15, 0.2) is 6.04 Å². The number of carbonyl (C=O) groups is 2. The van der Waals surface area contributed by atoms with E-state index in [1.807, 2.05) is 0 Å². The zero-order chi connectivity index (χ0) is 15.4. The second kappa shape index (κ2) is 6.28. The van der Waals surface area contributed by atoms with Crippen molar-refractivity contribution in [1.82, 2.24) is 0 Å². The third-order valence-corrected chi connectivity index (χ3v) is 3.16. The predicted octanol–water partition coefficient (Wildman–Crippen LogP) is 3.28.